The van der Waals surface area contributed by atoms with Gasteiger partial charge < -0.3 is 15.1 Å². The van der Waals surface area contributed by atoms with Gasteiger partial charge in [-0.15, -0.1) is 11.3 Å². The summed E-state index contributed by atoms with van der Waals surface area (Å²) < 4.78 is 0.712. The molecule has 0 spiro atoms. The summed E-state index contributed by atoms with van der Waals surface area (Å²) in [5, 5.41) is 21.5. The molecule has 2 N–H and O–H groups in total. The van der Waals surface area contributed by atoms with Gasteiger partial charge in [-0.05, 0) is 30.7 Å². The predicted molar refractivity (Wildman–Crippen MR) is 111 cm³/mol. The fourth-order valence-corrected chi connectivity index (χ4v) is 5.86. The second-order valence-electron chi connectivity index (χ2n) is 7.03. The molecule has 2 aromatic heterocycles. The zero-order valence-corrected chi connectivity index (χ0v) is 17.4. The van der Waals surface area contributed by atoms with Crippen molar-refractivity contribution in [3.05, 3.63) is 51.8 Å². The highest BCUT2D eigenvalue weighted by Crippen LogP contribution is 2.52. The first-order valence-electron chi connectivity index (χ1n) is 9.08. The first-order chi connectivity index (χ1) is 13.9. The number of hydrogen-bond donors (Lipinski definition) is 2. The fourth-order valence-electron chi connectivity index (χ4n) is 3.80. The van der Waals surface area contributed by atoms with E-state index in [9.17, 15) is 19.8 Å². The quantitative estimate of drug-likeness (QED) is 0.681. The van der Waals surface area contributed by atoms with E-state index in [0.29, 0.717) is 9.24 Å². The Morgan fingerprint density at radius 3 is 2.72 bits per heavy atom. The van der Waals surface area contributed by atoms with Crippen LogP contribution >= 0.6 is 23.1 Å². The van der Waals surface area contributed by atoms with E-state index in [0.717, 1.165) is 11.3 Å². The molecule has 2 aliphatic rings. The second-order valence-corrected chi connectivity index (χ2v) is 9.17. The first kappa shape index (κ1) is 19.8. The lowest BCUT2D eigenvalue weighted by atomic mass is 9.79. The van der Waals surface area contributed by atoms with Crippen LogP contribution in [0.15, 0.2) is 44.8 Å². The fraction of sp³-hybridized carbons (Fsp3) is 0.300. The molecule has 150 valence electrons. The molecule has 0 bridgehead atoms. The molecule has 4 atom stereocenters. The molecule has 4 heterocycles. The van der Waals surface area contributed by atoms with Crippen LogP contribution in [-0.4, -0.2) is 49.1 Å². The summed E-state index contributed by atoms with van der Waals surface area (Å²) in [5.41, 5.74) is 1.80. The number of aromatic nitrogens is 2. The molecule has 0 aliphatic carbocycles. The summed E-state index contributed by atoms with van der Waals surface area (Å²) in [6.45, 7) is 3.47. The van der Waals surface area contributed by atoms with Gasteiger partial charge in [-0.2, -0.15) is 0 Å². The lowest BCUT2D eigenvalue weighted by Crippen LogP contribution is -2.63. The van der Waals surface area contributed by atoms with E-state index < -0.39 is 18.0 Å². The minimum Gasteiger partial charge on any atom is -0.477 e. The number of nitrogens with zero attached hydrogens (tertiary/aromatic N) is 3. The molecule has 0 radical (unpaired) electrons. The van der Waals surface area contributed by atoms with Crippen molar-refractivity contribution in [3.8, 4) is 0 Å². The van der Waals surface area contributed by atoms with Crippen molar-refractivity contribution in [1.29, 1.82) is 0 Å². The highest BCUT2D eigenvalue weighted by molar-refractivity contribution is 8.04. The molecule has 0 saturated carbocycles. The number of aliphatic hydroxyl groups excluding tert-OH is 1. The van der Waals surface area contributed by atoms with E-state index in [1.165, 1.54) is 28.0 Å². The van der Waals surface area contributed by atoms with Gasteiger partial charge in [-0.1, -0.05) is 24.8 Å². The SMILES string of the molecule is C[C@H]1C(Sc2nc(/C=C/c3ccncc3)cs2)=C(C(=O)O)N2C(=O)[C@H]([C@@H](C)O)C12. The number of carboxylic acid groups (broad SMARTS) is 1. The van der Waals surface area contributed by atoms with Crippen LogP contribution in [0.3, 0.4) is 0 Å². The third-order valence-electron chi connectivity index (χ3n) is 5.16. The number of hydrogen-bond acceptors (Lipinski definition) is 7. The molecule has 1 saturated heterocycles. The van der Waals surface area contributed by atoms with Gasteiger partial charge in [0.25, 0.3) is 0 Å². The number of fused-ring (bicyclic) bond motifs is 1. The Morgan fingerprint density at radius 1 is 1.34 bits per heavy atom. The van der Waals surface area contributed by atoms with Gasteiger partial charge in [0, 0.05) is 28.6 Å². The molecule has 7 nitrogen and oxygen atoms in total. The summed E-state index contributed by atoms with van der Waals surface area (Å²) in [5.74, 6) is -2.20. The monoisotopic (exact) mass is 429 g/mol. The van der Waals surface area contributed by atoms with E-state index in [4.69, 9.17) is 0 Å². The van der Waals surface area contributed by atoms with Gasteiger partial charge in [0.1, 0.15) is 5.70 Å². The van der Waals surface area contributed by atoms with Crippen molar-refractivity contribution in [2.45, 2.75) is 30.3 Å². The maximum atomic E-state index is 12.4. The van der Waals surface area contributed by atoms with Crippen LogP contribution < -0.4 is 0 Å². The molecule has 4 rings (SSSR count). The zero-order valence-electron chi connectivity index (χ0n) is 15.7. The normalized spacial score (nSPS) is 24.7. The number of aliphatic carboxylic acids is 1. The van der Waals surface area contributed by atoms with E-state index >= 15 is 0 Å². The maximum absolute atomic E-state index is 12.4. The van der Waals surface area contributed by atoms with Crippen molar-refractivity contribution in [3.63, 3.8) is 0 Å². The third-order valence-corrected chi connectivity index (χ3v) is 7.40. The largest absolute Gasteiger partial charge is 0.477 e. The smallest absolute Gasteiger partial charge is 0.353 e. The summed E-state index contributed by atoms with van der Waals surface area (Å²) in [4.78, 5) is 34.7. The van der Waals surface area contributed by atoms with E-state index in [1.807, 2.05) is 36.6 Å². The molecule has 0 aromatic carbocycles. The summed E-state index contributed by atoms with van der Waals surface area (Å²) in [6, 6.07) is 3.47. The van der Waals surface area contributed by atoms with E-state index in [1.54, 1.807) is 19.3 Å². The average molecular weight is 430 g/mol. The van der Waals surface area contributed by atoms with Crippen molar-refractivity contribution >= 4 is 47.1 Å². The number of amides is 1. The van der Waals surface area contributed by atoms with Crippen molar-refractivity contribution in [1.82, 2.24) is 14.9 Å². The first-order valence-corrected chi connectivity index (χ1v) is 10.8. The lowest BCUT2D eigenvalue weighted by molar-refractivity contribution is -0.163. The minimum absolute atomic E-state index is 0.0125. The van der Waals surface area contributed by atoms with Crippen molar-refractivity contribution in [2.75, 3.05) is 0 Å². The van der Waals surface area contributed by atoms with Crippen molar-refractivity contribution < 1.29 is 19.8 Å². The van der Waals surface area contributed by atoms with Crippen LogP contribution in [0.25, 0.3) is 12.2 Å². The molecule has 1 fully saturated rings. The molecule has 2 aromatic rings. The number of rotatable bonds is 6. The highest BCUT2D eigenvalue weighted by atomic mass is 32.2. The number of thiazole rings is 1. The second kappa shape index (κ2) is 7.74. The molecular formula is C20H19N3O4S2. The molecule has 2 aliphatic heterocycles. The van der Waals surface area contributed by atoms with Crippen LogP contribution in [0.5, 0.6) is 0 Å². The zero-order chi connectivity index (χ0) is 20.7. The van der Waals surface area contributed by atoms with Crippen molar-refractivity contribution in [2.24, 2.45) is 11.8 Å². The van der Waals surface area contributed by atoms with Crippen LogP contribution in [0.4, 0.5) is 0 Å². The number of thioether (sulfide) groups is 1. The van der Waals surface area contributed by atoms with Gasteiger partial charge in [0.15, 0.2) is 4.34 Å². The third kappa shape index (κ3) is 3.50. The van der Waals surface area contributed by atoms with Gasteiger partial charge in [-0.25, -0.2) is 9.78 Å². The standard InChI is InChI=1S/C20H19N3O4S2/c1-10-15-14(11(2)24)18(25)23(15)16(19(26)27)17(10)29-20-22-13(9-28-20)4-3-12-5-7-21-8-6-12/h3-11,14-15,24H,1-2H3,(H,26,27)/b4-3+/t10-,11-,14-,15?/m1/s1. The Kier molecular flexibility index (Phi) is 5.28. The number of β-lactam (4-membered cyclic amide) rings is 1. The number of carboxylic acids is 1. The maximum Gasteiger partial charge on any atom is 0.353 e. The molecular weight excluding hydrogens is 410 g/mol. The van der Waals surface area contributed by atoms with Crippen LogP contribution in [0.2, 0.25) is 0 Å². The predicted octanol–water partition coefficient (Wildman–Crippen LogP) is 2.95. The average Bonchev–Trinajstić information content (AvgIpc) is 3.22. The number of aliphatic hydroxyl groups is 1. The summed E-state index contributed by atoms with van der Waals surface area (Å²) in [7, 11) is 0. The minimum atomic E-state index is -1.13. The van der Waals surface area contributed by atoms with Crippen LogP contribution in [0.1, 0.15) is 25.1 Å². The van der Waals surface area contributed by atoms with Gasteiger partial charge in [-0.3, -0.25) is 9.78 Å². The molecule has 1 unspecified atom stereocenters. The van der Waals surface area contributed by atoms with E-state index in [2.05, 4.69) is 9.97 Å². The Labute approximate surface area is 175 Å². The Hall–Kier alpha value is -2.49. The molecule has 1 amide bonds. The molecule has 9 heteroatoms. The van der Waals surface area contributed by atoms with Gasteiger partial charge in [0.2, 0.25) is 5.91 Å². The summed E-state index contributed by atoms with van der Waals surface area (Å²) >= 11 is 2.71. The Balaban J connectivity index is 1.56. The van der Waals surface area contributed by atoms with Crippen LogP contribution in [-0.2, 0) is 9.59 Å². The Morgan fingerprint density at radius 2 is 2.07 bits per heavy atom. The lowest BCUT2D eigenvalue weighted by Gasteiger charge is -2.46. The number of carbonyl (C=O) groups excluding carboxylic acids is 1. The van der Waals surface area contributed by atoms with Gasteiger partial charge in [0.05, 0.1) is 23.8 Å². The Bertz CT molecular complexity index is 1020. The van der Waals surface area contributed by atoms with Gasteiger partial charge >= 0.3 is 5.97 Å². The molecule has 29 heavy (non-hydrogen) atoms. The topological polar surface area (TPSA) is 104 Å². The number of pyridine rings is 1. The van der Waals surface area contributed by atoms with E-state index in [-0.39, 0.29) is 23.6 Å². The summed E-state index contributed by atoms with van der Waals surface area (Å²) in [6.07, 6.45) is 6.45. The number of carbonyl (C=O) groups is 2. The van der Waals surface area contributed by atoms with Crippen LogP contribution in [0, 0.1) is 11.8 Å². The highest BCUT2D eigenvalue weighted by Gasteiger charge is 2.60.